The smallest absolute Gasteiger partial charge is 0.311 e. The molecule has 1 aliphatic heterocycles. The molecule has 1 fully saturated rings. The van der Waals surface area contributed by atoms with Gasteiger partial charge in [-0.15, -0.1) is 11.3 Å². The summed E-state index contributed by atoms with van der Waals surface area (Å²) in [6, 6.07) is 2.04. The maximum atomic E-state index is 12.6. The van der Waals surface area contributed by atoms with Gasteiger partial charge in [-0.05, 0) is 50.2 Å². The van der Waals surface area contributed by atoms with Crippen LogP contribution in [0.4, 0.5) is 0 Å². The summed E-state index contributed by atoms with van der Waals surface area (Å²) in [6.45, 7) is 2.80. The molecule has 1 aromatic rings. The van der Waals surface area contributed by atoms with Gasteiger partial charge in [-0.2, -0.15) is 0 Å². The fourth-order valence-electron chi connectivity index (χ4n) is 3.41. The number of likely N-dealkylation sites (tertiary alicyclic amines) is 1. The van der Waals surface area contributed by atoms with Crippen LogP contribution >= 0.6 is 11.3 Å². The molecule has 2 aliphatic rings. The molecule has 0 bridgehead atoms. The minimum absolute atomic E-state index is 0.0194. The van der Waals surface area contributed by atoms with Crippen molar-refractivity contribution in [3.8, 4) is 0 Å². The molecule has 114 valence electrons. The number of thiophene rings is 1. The molecule has 21 heavy (non-hydrogen) atoms. The first-order valence-corrected chi connectivity index (χ1v) is 8.51. The fourth-order valence-corrected chi connectivity index (χ4v) is 4.63. The molecule has 1 N–H and O–H groups in total. The van der Waals surface area contributed by atoms with Crippen LogP contribution in [0.1, 0.15) is 52.7 Å². The van der Waals surface area contributed by atoms with E-state index >= 15 is 0 Å². The lowest BCUT2D eigenvalue weighted by atomic mass is 9.84. The molecule has 0 spiro atoms. The molecule has 0 radical (unpaired) electrons. The average Bonchev–Trinajstić information content (AvgIpc) is 3.11. The van der Waals surface area contributed by atoms with Gasteiger partial charge in [0.05, 0.1) is 10.3 Å². The monoisotopic (exact) mass is 307 g/mol. The molecule has 1 aromatic heterocycles. The van der Waals surface area contributed by atoms with E-state index in [4.69, 9.17) is 0 Å². The summed E-state index contributed by atoms with van der Waals surface area (Å²) in [4.78, 5) is 28.0. The number of nitrogens with zero attached hydrogens (tertiary/aromatic N) is 1. The molecule has 3 rings (SSSR count). The summed E-state index contributed by atoms with van der Waals surface area (Å²) in [5, 5.41) is 9.43. The van der Waals surface area contributed by atoms with E-state index in [-0.39, 0.29) is 5.91 Å². The summed E-state index contributed by atoms with van der Waals surface area (Å²) < 4.78 is 0. The molecule has 1 aliphatic carbocycles. The van der Waals surface area contributed by atoms with Crippen LogP contribution in [0.25, 0.3) is 0 Å². The summed E-state index contributed by atoms with van der Waals surface area (Å²) >= 11 is 1.61. The number of amides is 1. The van der Waals surface area contributed by atoms with E-state index in [9.17, 15) is 14.7 Å². The van der Waals surface area contributed by atoms with Gasteiger partial charge in [-0.3, -0.25) is 9.59 Å². The molecule has 0 saturated carbocycles. The number of aryl methyl sites for hydroxylation is 2. The highest BCUT2D eigenvalue weighted by Crippen LogP contribution is 2.36. The zero-order valence-corrected chi connectivity index (χ0v) is 13.2. The average molecular weight is 307 g/mol. The van der Waals surface area contributed by atoms with Gasteiger partial charge in [0.25, 0.3) is 5.91 Å². The predicted molar refractivity (Wildman–Crippen MR) is 81.8 cm³/mol. The molecule has 1 atom stereocenters. The van der Waals surface area contributed by atoms with Gasteiger partial charge in [-0.25, -0.2) is 0 Å². The van der Waals surface area contributed by atoms with Crippen LogP contribution in [0.3, 0.4) is 0 Å². The van der Waals surface area contributed by atoms with Crippen LogP contribution in [0.5, 0.6) is 0 Å². The number of carbonyl (C=O) groups is 2. The highest BCUT2D eigenvalue weighted by atomic mass is 32.1. The second-order valence-electron chi connectivity index (χ2n) is 6.18. The van der Waals surface area contributed by atoms with Crippen LogP contribution < -0.4 is 0 Å². The lowest BCUT2D eigenvalue weighted by molar-refractivity contribution is -0.148. The zero-order valence-electron chi connectivity index (χ0n) is 12.4. The van der Waals surface area contributed by atoms with Crippen molar-refractivity contribution in [2.45, 2.75) is 45.4 Å². The molecule has 2 heterocycles. The minimum atomic E-state index is -0.772. The zero-order chi connectivity index (χ0) is 15.0. The van der Waals surface area contributed by atoms with E-state index < -0.39 is 11.4 Å². The molecular formula is C16H21NO3S. The van der Waals surface area contributed by atoms with E-state index in [1.165, 1.54) is 23.3 Å². The number of carbonyl (C=O) groups excluding carboxylic acids is 1. The highest BCUT2D eigenvalue weighted by molar-refractivity contribution is 7.14. The third-order valence-electron chi connectivity index (χ3n) is 4.98. The van der Waals surface area contributed by atoms with Crippen LogP contribution in [-0.2, 0) is 17.6 Å². The molecule has 1 unspecified atom stereocenters. The van der Waals surface area contributed by atoms with E-state index in [1.54, 1.807) is 16.2 Å². The van der Waals surface area contributed by atoms with Gasteiger partial charge in [0.15, 0.2) is 0 Å². The largest absolute Gasteiger partial charge is 0.481 e. The fraction of sp³-hybridized carbons (Fsp3) is 0.625. The number of fused-ring (bicyclic) bond motifs is 1. The van der Waals surface area contributed by atoms with E-state index in [1.807, 2.05) is 13.0 Å². The first-order chi connectivity index (χ1) is 10.1. The Hall–Kier alpha value is -1.36. The van der Waals surface area contributed by atoms with E-state index in [0.29, 0.717) is 25.9 Å². The normalized spacial score (nSPS) is 24.9. The number of hydrogen-bond acceptors (Lipinski definition) is 3. The summed E-state index contributed by atoms with van der Waals surface area (Å²) in [5.74, 6) is -0.753. The Morgan fingerprint density at radius 3 is 2.76 bits per heavy atom. The maximum Gasteiger partial charge on any atom is 0.311 e. The number of aliphatic carboxylic acids is 1. The Bertz CT molecular complexity index is 557. The van der Waals surface area contributed by atoms with E-state index in [2.05, 4.69) is 0 Å². The SMILES string of the molecule is CCC1(C(=O)O)CCN(C(=O)c2cc3c(s2)CCCC3)C1. The van der Waals surface area contributed by atoms with Crippen molar-refractivity contribution in [2.24, 2.45) is 5.41 Å². The lowest BCUT2D eigenvalue weighted by Crippen LogP contribution is -2.36. The molecule has 5 heteroatoms. The van der Waals surface area contributed by atoms with Gasteiger partial charge >= 0.3 is 5.97 Å². The number of carboxylic acids is 1. The van der Waals surface area contributed by atoms with Gasteiger partial charge in [-0.1, -0.05) is 6.92 Å². The van der Waals surface area contributed by atoms with Crippen molar-refractivity contribution < 1.29 is 14.7 Å². The highest BCUT2D eigenvalue weighted by Gasteiger charge is 2.45. The molecule has 4 nitrogen and oxygen atoms in total. The van der Waals surface area contributed by atoms with Crippen molar-refractivity contribution in [1.82, 2.24) is 4.90 Å². The van der Waals surface area contributed by atoms with Gasteiger partial charge in [0.1, 0.15) is 0 Å². The molecule has 1 amide bonds. The lowest BCUT2D eigenvalue weighted by Gasteiger charge is -2.22. The summed E-state index contributed by atoms with van der Waals surface area (Å²) in [5.41, 5.74) is 0.584. The van der Waals surface area contributed by atoms with E-state index in [0.717, 1.165) is 17.7 Å². The molecular weight excluding hydrogens is 286 g/mol. The van der Waals surface area contributed by atoms with Crippen molar-refractivity contribution in [3.05, 3.63) is 21.4 Å². The third kappa shape index (κ3) is 2.48. The quantitative estimate of drug-likeness (QED) is 0.934. The second-order valence-corrected chi connectivity index (χ2v) is 7.32. The second kappa shape index (κ2) is 5.44. The summed E-state index contributed by atoms with van der Waals surface area (Å²) in [7, 11) is 0. The Labute approximate surface area is 128 Å². The van der Waals surface area contributed by atoms with Crippen LogP contribution in [0.2, 0.25) is 0 Å². The number of hydrogen-bond donors (Lipinski definition) is 1. The summed E-state index contributed by atoms with van der Waals surface area (Å²) in [6.07, 6.45) is 5.72. The topological polar surface area (TPSA) is 57.6 Å². The molecule has 0 aromatic carbocycles. The van der Waals surface area contributed by atoms with Crippen molar-refractivity contribution in [3.63, 3.8) is 0 Å². The predicted octanol–water partition coefficient (Wildman–Crippen LogP) is 2.95. The third-order valence-corrected chi connectivity index (χ3v) is 6.20. The Balaban J connectivity index is 1.77. The first kappa shape index (κ1) is 14.6. The van der Waals surface area contributed by atoms with Gasteiger partial charge in [0, 0.05) is 18.0 Å². The van der Waals surface area contributed by atoms with Crippen LogP contribution in [0, 0.1) is 5.41 Å². The standard InChI is InChI=1S/C16H21NO3S/c1-2-16(15(19)20)7-8-17(10-16)14(18)13-9-11-5-3-4-6-12(11)21-13/h9H,2-8,10H2,1H3,(H,19,20). The van der Waals surface area contributed by atoms with Gasteiger partial charge < -0.3 is 10.0 Å². The Morgan fingerprint density at radius 2 is 2.14 bits per heavy atom. The van der Waals surface area contributed by atoms with Crippen molar-refractivity contribution >= 4 is 23.2 Å². The minimum Gasteiger partial charge on any atom is -0.481 e. The maximum absolute atomic E-state index is 12.6. The van der Waals surface area contributed by atoms with Crippen LogP contribution in [0.15, 0.2) is 6.07 Å². The first-order valence-electron chi connectivity index (χ1n) is 7.70. The van der Waals surface area contributed by atoms with Crippen LogP contribution in [-0.4, -0.2) is 35.0 Å². The molecule has 1 saturated heterocycles. The number of carboxylic acid groups (broad SMARTS) is 1. The number of rotatable bonds is 3. The van der Waals surface area contributed by atoms with Crippen molar-refractivity contribution in [1.29, 1.82) is 0 Å². The Morgan fingerprint density at radius 1 is 1.38 bits per heavy atom. The van der Waals surface area contributed by atoms with Gasteiger partial charge in [0.2, 0.25) is 0 Å². The van der Waals surface area contributed by atoms with Crippen molar-refractivity contribution in [2.75, 3.05) is 13.1 Å². The Kier molecular flexibility index (Phi) is 3.78.